The van der Waals surface area contributed by atoms with Gasteiger partial charge in [0.2, 0.25) is 0 Å². The molecule has 0 spiro atoms. The van der Waals surface area contributed by atoms with E-state index in [-0.39, 0.29) is 5.75 Å². The van der Waals surface area contributed by atoms with E-state index in [1.807, 2.05) is 0 Å². The first-order valence-electron chi connectivity index (χ1n) is 5.49. The highest BCUT2D eigenvalue weighted by Gasteiger charge is 2.17. The Hall–Kier alpha value is -1.29. The Morgan fingerprint density at radius 3 is 3.00 bits per heavy atom. The highest BCUT2D eigenvalue weighted by molar-refractivity contribution is 5.43. The van der Waals surface area contributed by atoms with Crippen LogP contribution in [0.5, 0.6) is 11.5 Å². The minimum Gasteiger partial charge on any atom is -0.502 e. The van der Waals surface area contributed by atoms with Gasteiger partial charge in [0.05, 0.1) is 7.11 Å². The summed E-state index contributed by atoms with van der Waals surface area (Å²) >= 11 is 0. The zero-order chi connectivity index (χ0) is 11.5. The zero-order valence-electron chi connectivity index (χ0n) is 9.29. The molecule has 1 heterocycles. The van der Waals surface area contributed by atoms with Crippen LogP contribution in [0.2, 0.25) is 0 Å². The first-order valence-corrected chi connectivity index (χ1v) is 5.49. The second kappa shape index (κ2) is 4.70. The summed E-state index contributed by atoms with van der Waals surface area (Å²) in [5.41, 5.74) is 0.853. The summed E-state index contributed by atoms with van der Waals surface area (Å²) in [6.07, 6.45) is 3.06. The van der Waals surface area contributed by atoms with Gasteiger partial charge in [-0.1, -0.05) is 0 Å². The molecule has 2 N–H and O–H groups in total. The maximum atomic E-state index is 13.4. The second-order valence-corrected chi connectivity index (χ2v) is 4.13. The van der Waals surface area contributed by atoms with Crippen LogP contribution in [0.25, 0.3) is 0 Å². The summed E-state index contributed by atoms with van der Waals surface area (Å²) in [7, 11) is 1.42. The second-order valence-electron chi connectivity index (χ2n) is 4.13. The summed E-state index contributed by atoms with van der Waals surface area (Å²) in [6, 6.07) is 3.48. The van der Waals surface area contributed by atoms with Crippen molar-refractivity contribution in [3.63, 3.8) is 0 Å². The lowest BCUT2D eigenvalue weighted by Gasteiger charge is -2.12. The molecule has 3 nitrogen and oxygen atoms in total. The van der Waals surface area contributed by atoms with E-state index >= 15 is 0 Å². The van der Waals surface area contributed by atoms with Crippen molar-refractivity contribution < 1.29 is 14.2 Å². The fraction of sp³-hybridized carbons (Fsp3) is 0.500. The monoisotopic (exact) mass is 225 g/mol. The predicted octanol–water partition coefficient (Wildman–Crippen LogP) is 1.83. The van der Waals surface area contributed by atoms with Gasteiger partial charge in [0.25, 0.3) is 0 Å². The summed E-state index contributed by atoms with van der Waals surface area (Å²) in [5, 5.41) is 12.7. The molecule has 1 aliphatic rings. The minimum absolute atomic E-state index is 0.202. The van der Waals surface area contributed by atoms with Gasteiger partial charge in [-0.05, 0) is 43.5 Å². The molecule has 0 bridgehead atoms. The van der Waals surface area contributed by atoms with E-state index in [4.69, 9.17) is 4.74 Å². The summed E-state index contributed by atoms with van der Waals surface area (Å²) in [4.78, 5) is 0. The van der Waals surface area contributed by atoms with Crippen LogP contribution in [-0.2, 0) is 6.42 Å². The summed E-state index contributed by atoms with van der Waals surface area (Å²) in [5.74, 6) is -0.828. The molecule has 2 rings (SSSR count). The van der Waals surface area contributed by atoms with Gasteiger partial charge in [0, 0.05) is 6.04 Å². The molecule has 0 aromatic heterocycles. The van der Waals surface area contributed by atoms with Crippen molar-refractivity contribution in [2.45, 2.75) is 25.3 Å². The van der Waals surface area contributed by atoms with Gasteiger partial charge in [-0.2, -0.15) is 0 Å². The third kappa shape index (κ3) is 2.27. The average molecular weight is 225 g/mol. The van der Waals surface area contributed by atoms with Gasteiger partial charge in [-0.15, -0.1) is 0 Å². The molecule has 1 aromatic rings. The van der Waals surface area contributed by atoms with Gasteiger partial charge in [0.15, 0.2) is 17.3 Å². The van der Waals surface area contributed by atoms with Gasteiger partial charge < -0.3 is 15.2 Å². The number of hydrogen-bond donors (Lipinski definition) is 2. The van der Waals surface area contributed by atoms with Gasteiger partial charge in [-0.25, -0.2) is 4.39 Å². The van der Waals surface area contributed by atoms with Crippen molar-refractivity contribution in [2.24, 2.45) is 0 Å². The standard InChI is InChI=1S/C12H16FNO2/c1-16-11-7-8(6-10(13)12(11)15)5-9-3-2-4-14-9/h6-7,9,14-15H,2-5H2,1H3. The van der Waals surface area contributed by atoms with Crippen LogP contribution < -0.4 is 10.1 Å². The molecule has 1 saturated heterocycles. The van der Waals surface area contributed by atoms with Crippen molar-refractivity contribution in [3.8, 4) is 11.5 Å². The van der Waals surface area contributed by atoms with Crippen LogP contribution in [0, 0.1) is 5.82 Å². The molecular formula is C12H16FNO2. The number of aromatic hydroxyl groups is 1. The van der Waals surface area contributed by atoms with E-state index in [0.29, 0.717) is 6.04 Å². The van der Waals surface area contributed by atoms with Crippen LogP contribution in [0.4, 0.5) is 4.39 Å². The van der Waals surface area contributed by atoms with E-state index in [1.165, 1.54) is 19.6 Å². The number of benzene rings is 1. The van der Waals surface area contributed by atoms with Crippen molar-refractivity contribution in [3.05, 3.63) is 23.5 Å². The molecule has 1 fully saturated rings. The van der Waals surface area contributed by atoms with E-state index in [1.54, 1.807) is 6.07 Å². The summed E-state index contributed by atoms with van der Waals surface area (Å²) in [6.45, 7) is 1.03. The van der Waals surface area contributed by atoms with E-state index < -0.39 is 11.6 Å². The largest absolute Gasteiger partial charge is 0.502 e. The fourth-order valence-corrected chi connectivity index (χ4v) is 2.12. The molecule has 0 radical (unpaired) electrons. The van der Waals surface area contributed by atoms with Crippen LogP contribution in [0.3, 0.4) is 0 Å². The Bertz CT molecular complexity index is 376. The van der Waals surface area contributed by atoms with E-state index in [0.717, 1.165) is 24.9 Å². The molecule has 1 aromatic carbocycles. The number of rotatable bonds is 3. The molecule has 1 unspecified atom stereocenters. The molecule has 0 aliphatic carbocycles. The lowest BCUT2D eigenvalue weighted by atomic mass is 10.0. The number of hydrogen-bond acceptors (Lipinski definition) is 3. The SMILES string of the molecule is COc1cc(CC2CCCN2)cc(F)c1O. The molecule has 88 valence electrons. The Labute approximate surface area is 94.2 Å². The van der Waals surface area contributed by atoms with Crippen LogP contribution >= 0.6 is 0 Å². The number of ether oxygens (including phenoxy) is 1. The van der Waals surface area contributed by atoms with Crippen LogP contribution in [0.1, 0.15) is 18.4 Å². The van der Waals surface area contributed by atoms with Crippen LogP contribution in [-0.4, -0.2) is 24.8 Å². The smallest absolute Gasteiger partial charge is 0.194 e. The highest BCUT2D eigenvalue weighted by atomic mass is 19.1. The molecular weight excluding hydrogens is 209 g/mol. The summed E-state index contributed by atoms with van der Waals surface area (Å²) < 4.78 is 18.3. The number of halogens is 1. The third-order valence-corrected chi connectivity index (χ3v) is 2.95. The van der Waals surface area contributed by atoms with Crippen molar-refractivity contribution >= 4 is 0 Å². The van der Waals surface area contributed by atoms with Gasteiger partial charge >= 0.3 is 0 Å². The maximum Gasteiger partial charge on any atom is 0.194 e. The Balaban J connectivity index is 2.17. The molecule has 16 heavy (non-hydrogen) atoms. The number of phenolic OH excluding ortho intramolecular Hbond substituents is 1. The Morgan fingerprint density at radius 2 is 2.38 bits per heavy atom. The molecule has 4 heteroatoms. The topological polar surface area (TPSA) is 41.5 Å². The van der Waals surface area contributed by atoms with Crippen molar-refractivity contribution in [1.82, 2.24) is 5.32 Å². The van der Waals surface area contributed by atoms with Gasteiger partial charge in [-0.3, -0.25) is 0 Å². The Morgan fingerprint density at radius 1 is 1.56 bits per heavy atom. The lowest BCUT2D eigenvalue weighted by Crippen LogP contribution is -2.23. The highest BCUT2D eigenvalue weighted by Crippen LogP contribution is 2.30. The van der Waals surface area contributed by atoms with Gasteiger partial charge in [0.1, 0.15) is 0 Å². The molecule has 0 saturated carbocycles. The van der Waals surface area contributed by atoms with Crippen molar-refractivity contribution in [2.75, 3.05) is 13.7 Å². The first kappa shape index (κ1) is 11.2. The average Bonchev–Trinajstić information content (AvgIpc) is 2.76. The first-order chi connectivity index (χ1) is 7.70. The maximum absolute atomic E-state index is 13.4. The Kier molecular flexibility index (Phi) is 3.29. The predicted molar refractivity (Wildman–Crippen MR) is 59.3 cm³/mol. The molecule has 1 aliphatic heterocycles. The van der Waals surface area contributed by atoms with Crippen molar-refractivity contribution in [1.29, 1.82) is 0 Å². The quantitative estimate of drug-likeness (QED) is 0.824. The minimum atomic E-state index is -0.618. The number of nitrogens with one attached hydrogen (secondary N) is 1. The van der Waals surface area contributed by atoms with E-state index in [2.05, 4.69) is 5.32 Å². The van der Waals surface area contributed by atoms with E-state index in [9.17, 15) is 9.50 Å². The normalized spacial score (nSPS) is 20.0. The van der Waals surface area contributed by atoms with Crippen LogP contribution in [0.15, 0.2) is 12.1 Å². The lowest BCUT2D eigenvalue weighted by molar-refractivity contribution is 0.356. The molecule has 0 amide bonds. The number of methoxy groups -OCH3 is 1. The number of phenols is 1. The zero-order valence-corrected chi connectivity index (χ0v) is 9.29. The molecule has 1 atom stereocenters. The third-order valence-electron chi connectivity index (χ3n) is 2.95. The fourth-order valence-electron chi connectivity index (χ4n) is 2.12.